The summed E-state index contributed by atoms with van der Waals surface area (Å²) in [4.78, 5) is 0. The summed E-state index contributed by atoms with van der Waals surface area (Å²) in [6, 6.07) is 8.22. The molecule has 78 valence electrons. The number of aliphatic hydroxyl groups excluding tert-OH is 1. The molecule has 0 amide bonds. The summed E-state index contributed by atoms with van der Waals surface area (Å²) in [6.45, 7) is 4.48. The monoisotopic (exact) mass is 193 g/mol. The lowest BCUT2D eigenvalue weighted by atomic mass is 9.90. The average molecular weight is 193 g/mol. The minimum Gasteiger partial charge on any atom is -0.393 e. The lowest BCUT2D eigenvalue weighted by Gasteiger charge is -2.18. The van der Waals surface area contributed by atoms with Gasteiger partial charge in [0.2, 0.25) is 0 Å². The van der Waals surface area contributed by atoms with Gasteiger partial charge in [0.15, 0.2) is 0 Å². The van der Waals surface area contributed by atoms with Crippen LogP contribution >= 0.6 is 0 Å². The zero-order chi connectivity index (χ0) is 10.6. The molecule has 2 atom stereocenters. The molecule has 2 nitrogen and oxygen atoms in total. The number of nitrogens with two attached hydrogens (primary N) is 1. The molecule has 0 radical (unpaired) electrons. The van der Waals surface area contributed by atoms with Crippen LogP contribution in [0.5, 0.6) is 0 Å². The van der Waals surface area contributed by atoms with Crippen LogP contribution in [-0.4, -0.2) is 17.8 Å². The fraction of sp³-hybridized carbons (Fsp3) is 0.500. The third kappa shape index (κ3) is 2.82. The summed E-state index contributed by atoms with van der Waals surface area (Å²) in [7, 11) is 0. The standard InChI is InChI=1S/C12H19NO/c1-9-5-3-4-6-12(9)11(8-13)7-10(2)14/h3-6,10-11,14H,7-8,13H2,1-2H3. The molecule has 0 heterocycles. The Bertz CT molecular complexity index is 283. The summed E-state index contributed by atoms with van der Waals surface area (Å²) in [5, 5.41) is 9.35. The third-order valence-electron chi connectivity index (χ3n) is 2.54. The molecule has 0 fully saturated rings. The molecule has 0 aliphatic rings. The molecule has 1 aromatic rings. The van der Waals surface area contributed by atoms with Crippen molar-refractivity contribution in [3.63, 3.8) is 0 Å². The summed E-state index contributed by atoms with van der Waals surface area (Å²) >= 11 is 0. The van der Waals surface area contributed by atoms with Crippen molar-refractivity contribution in [2.24, 2.45) is 5.73 Å². The molecular formula is C12H19NO. The van der Waals surface area contributed by atoms with Gasteiger partial charge < -0.3 is 10.8 Å². The summed E-state index contributed by atoms with van der Waals surface area (Å²) < 4.78 is 0. The number of aliphatic hydroxyl groups is 1. The lowest BCUT2D eigenvalue weighted by molar-refractivity contribution is 0.175. The molecular weight excluding hydrogens is 174 g/mol. The Labute approximate surface area is 85.8 Å². The molecule has 1 aromatic carbocycles. The Morgan fingerprint density at radius 1 is 1.36 bits per heavy atom. The first-order valence-corrected chi connectivity index (χ1v) is 5.08. The number of hydrogen-bond donors (Lipinski definition) is 2. The molecule has 3 N–H and O–H groups in total. The highest BCUT2D eigenvalue weighted by Crippen LogP contribution is 2.23. The van der Waals surface area contributed by atoms with Crippen LogP contribution in [0.1, 0.15) is 30.4 Å². The average Bonchev–Trinajstić information content (AvgIpc) is 2.15. The fourth-order valence-electron chi connectivity index (χ4n) is 1.81. The predicted molar refractivity (Wildman–Crippen MR) is 59.3 cm³/mol. The largest absolute Gasteiger partial charge is 0.393 e. The van der Waals surface area contributed by atoms with Crippen LogP contribution in [0, 0.1) is 6.92 Å². The van der Waals surface area contributed by atoms with E-state index in [1.807, 2.05) is 12.1 Å². The normalized spacial score (nSPS) is 15.1. The molecule has 0 bridgehead atoms. The first kappa shape index (κ1) is 11.2. The minimum atomic E-state index is -0.289. The molecule has 14 heavy (non-hydrogen) atoms. The highest BCUT2D eigenvalue weighted by atomic mass is 16.3. The highest BCUT2D eigenvalue weighted by Gasteiger charge is 2.13. The van der Waals surface area contributed by atoms with Crippen LogP contribution in [0.25, 0.3) is 0 Å². The van der Waals surface area contributed by atoms with E-state index in [9.17, 15) is 5.11 Å². The van der Waals surface area contributed by atoms with Crippen molar-refractivity contribution >= 4 is 0 Å². The first-order valence-electron chi connectivity index (χ1n) is 5.08. The SMILES string of the molecule is Cc1ccccc1C(CN)CC(C)O. The van der Waals surface area contributed by atoms with Crippen LogP contribution in [0.4, 0.5) is 0 Å². The molecule has 2 heteroatoms. The van der Waals surface area contributed by atoms with E-state index in [1.54, 1.807) is 6.92 Å². The van der Waals surface area contributed by atoms with E-state index in [-0.39, 0.29) is 12.0 Å². The molecule has 0 aliphatic carbocycles. The van der Waals surface area contributed by atoms with Gasteiger partial charge in [-0.15, -0.1) is 0 Å². The molecule has 1 rings (SSSR count). The summed E-state index contributed by atoms with van der Waals surface area (Å²) in [5.74, 6) is 0.274. The van der Waals surface area contributed by atoms with Crippen LogP contribution in [0.2, 0.25) is 0 Å². The van der Waals surface area contributed by atoms with Gasteiger partial charge in [0.05, 0.1) is 6.10 Å². The second-order valence-electron chi connectivity index (χ2n) is 3.87. The van der Waals surface area contributed by atoms with Crippen molar-refractivity contribution in [2.45, 2.75) is 32.3 Å². The van der Waals surface area contributed by atoms with Gasteiger partial charge >= 0.3 is 0 Å². The zero-order valence-corrected chi connectivity index (χ0v) is 8.90. The Balaban J connectivity index is 2.83. The maximum atomic E-state index is 9.35. The highest BCUT2D eigenvalue weighted by molar-refractivity contribution is 5.29. The van der Waals surface area contributed by atoms with Gasteiger partial charge in [-0.25, -0.2) is 0 Å². The summed E-state index contributed by atoms with van der Waals surface area (Å²) in [6.07, 6.45) is 0.449. The van der Waals surface area contributed by atoms with Crippen LogP contribution in [-0.2, 0) is 0 Å². The first-order chi connectivity index (χ1) is 6.65. The van der Waals surface area contributed by atoms with Gasteiger partial charge in [0.1, 0.15) is 0 Å². The Kier molecular flexibility index (Phi) is 4.11. The van der Waals surface area contributed by atoms with E-state index in [2.05, 4.69) is 19.1 Å². The fourth-order valence-corrected chi connectivity index (χ4v) is 1.81. The minimum absolute atomic E-state index is 0.274. The van der Waals surface area contributed by atoms with Crippen LogP contribution in [0.15, 0.2) is 24.3 Å². The molecule has 0 aromatic heterocycles. The predicted octanol–water partition coefficient (Wildman–Crippen LogP) is 1.81. The van der Waals surface area contributed by atoms with Crippen molar-refractivity contribution in [1.29, 1.82) is 0 Å². The molecule has 0 saturated carbocycles. The molecule has 0 aliphatic heterocycles. The van der Waals surface area contributed by atoms with Crippen molar-refractivity contribution in [3.8, 4) is 0 Å². The maximum Gasteiger partial charge on any atom is 0.0518 e. The maximum absolute atomic E-state index is 9.35. The summed E-state index contributed by atoms with van der Waals surface area (Å²) in [5.41, 5.74) is 8.22. The molecule has 0 saturated heterocycles. The van der Waals surface area contributed by atoms with Crippen LogP contribution in [0.3, 0.4) is 0 Å². The topological polar surface area (TPSA) is 46.2 Å². The third-order valence-corrected chi connectivity index (χ3v) is 2.54. The lowest BCUT2D eigenvalue weighted by Crippen LogP contribution is -2.18. The van der Waals surface area contributed by atoms with E-state index in [1.165, 1.54) is 11.1 Å². The Morgan fingerprint density at radius 2 is 2.00 bits per heavy atom. The number of aryl methyl sites for hydroxylation is 1. The Morgan fingerprint density at radius 3 is 2.50 bits per heavy atom. The van der Waals surface area contributed by atoms with Crippen LogP contribution < -0.4 is 5.73 Å². The van der Waals surface area contributed by atoms with Gasteiger partial charge in [0, 0.05) is 0 Å². The second kappa shape index (κ2) is 5.13. The van der Waals surface area contributed by atoms with Gasteiger partial charge in [-0.3, -0.25) is 0 Å². The van der Waals surface area contributed by atoms with Gasteiger partial charge in [-0.2, -0.15) is 0 Å². The number of hydrogen-bond acceptors (Lipinski definition) is 2. The van der Waals surface area contributed by atoms with E-state index in [0.717, 1.165) is 6.42 Å². The van der Waals surface area contributed by atoms with Gasteiger partial charge in [-0.05, 0) is 43.9 Å². The van der Waals surface area contributed by atoms with E-state index >= 15 is 0 Å². The van der Waals surface area contributed by atoms with E-state index in [4.69, 9.17) is 5.73 Å². The Hall–Kier alpha value is -0.860. The number of benzene rings is 1. The molecule has 0 spiro atoms. The quantitative estimate of drug-likeness (QED) is 0.766. The van der Waals surface area contributed by atoms with E-state index in [0.29, 0.717) is 6.54 Å². The number of rotatable bonds is 4. The van der Waals surface area contributed by atoms with E-state index < -0.39 is 0 Å². The van der Waals surface area contributed by atoms with Gasteiger partial charge in [-0.1, -0.05) is 24.3 Å². The van der Waals surface area contributed by atoms with Crippen molar-refractivity contribution in [3.05, 3.63) is 35.4 Å². The van der Waals surface area contributed by atoms with Gasteiger partial charge in [0.25, 0.3) is 0 Å². The molecule has 2 unspecified atom stereocenters. The van der Waals surface area contributed by atoms with Crippen molar-refractivity contribution in [1.82, 2.24) is 0 Å². The smallest absolute Gasteiger partial charge is 0.0518 e. The second-order valence-corrected chi connectivity index (χ2v) is 3.87. The zero-order valence-electron chi connectivity index (χ0n) is 8.90. The van der Waals surface area contributed by atoms with Crippen molar-refractivity contribution in [2.75, 3.05) is 6.54 Å². The van der Waals surface area contributed by atoms with Crippen molar-refractivity contribution < 1.29 is 5.11 Å².